The van der Waals surface area contributed by atoms with Crippen molar-refractivity contribution in [1.29, 1.82) is 0 Å². The van der Waals surface area contributed by atoms with Crippen molar-refractivity contribution in [3.8, 4) is 0 Å². The maximum absolute atomic E-state index is 4.11. The van der Waals surface area contributed by atoms with Crippen LogP contribution in [0.3, 0.4) is 0 Å². The molecule has 4 heteroatoms. The molecule has 1 N–H and O–H groups in total. The molecule has 4 nitrogen and oxygen atoms in total. The minimum Gasteiger partial charge on any atom is -0.337 e. The molecule has 0 spiro atoms. The minimum absolute atomic E-state index is 0.362. The van der Waals surface area contributed by atoms with Gasteiger partial charge in [0, 0.05) is 50.2 Å². The number of aromatic nitrogens is 2. The van der Waals surface area contributed by atoms with Gasteiger partial charge in [-0.15, -0.1) is 0 Å². The first-order valence-corrected chi connectivity index (χ1v) is 8.16. The van der Waals surface area contributed by atoms with Crippen molar-refractivity contribution >= 4 is 0 Å². The van der Waals surface area contributed by atoms with E-state index in [1.165, 1.54) is 38.8 Å². The lowest BCUT2D eigenvalue weighted by atomic mass is 9.90. The fraction of sp³-hybridized carbons (Fsp3) is 0.812. The average molecular weight is 276 g/mol. The molecule has 1 aromatic rings. The molecule has 20 heavy (non-hydrogen) atoms. The van der Waals surface area contributed by atoms with E-state index in [1.54, 1.807) is 0 Å². The first-order chi connectivity index (χ1) is 9.71. The first-order valence-electron chi connectivity index (χ1n) is 8.16. The Morgan fingerprint density at radius 1 is 1.35 bits per heavy atom. The van der Waals surface area contributed by atoms with Crippen LogP contribution in [0.25, 0.3) is 0 Å². The molecule has 3 rings (SSSR count). The van der Waals surface area contributed by atoms with Crippen molar-refractivity contribution < 1.29 is 0 Å². The lowest BCUT2D eigenvalue weighted by Crippen LogP contribution is -2.63. The highest BCUT2D eigenvalue weighted by molar-refractivity contribution is 5.03. The highest BCUT2D eigenvalue weighted by Crippen LogP contribution is 2.41. The quantitative estimate of drug-likeness (QED) is 0.864. The molecule has 1 saturated carbocycles. The van der Waals surface area contributed by atoms with Gasteiger partial charge >= 0.3 is 0 Å². The van der Waals surface area contributed by atoms with E-state index in [9.17, 15) is 0 Å². The Bertz CT molecular complexity index is 412. The van der Waals surface area contributed by atoms with Gasteiger partial charge in [-0.05, 0) is 38.5 Å². The smallest absolute Gasteiger partial charge is 0.0945 e. The number of rotatable bonds is 6. The van der Waals surface area contributed by atoms with E-state index in [2.05, 4.69) is 39.8 Å². The Labute approximate surface area is 122 Å². The van der Waals surface area contributed by atoms with E-state index in [-0.39, 0.29) is 0 Å². The van der Waals surface area contributed by atoms with Gasteiger partial charge in [0.25, 0.3) is 0 Å². The molecular weight excluding hydrogens is 248 g/mol. The SMILES string of the molecule is CCC1CNC(C)(C2CC2)CN1CCCn1ccnc1. The second-order valence-electron chi connectivity index (χ2n) is 6.76. The minimum atomic E-state index is 0.362. The third-order valence-electron chi connectivity index (χ3n) is 5.16. The van der Waals surface area contributed by atoms with Crippen LogP contribution in [0.2, 0.25) is 0 Å². The maximum Gasteiger partial charge on any atom is 0.0945 e. The Balaban J connectivity index is 1.53. The third-order valence-corrected chi connectivity index (χ3v) is 5.16. The second kappa shape index (κ2) is 5.86. The van der Waals surface area contributed by atoms with Gasteiger partial charge in [-0.25, -0.2) is 4.98 Å². The van der Waals surface area contributed by atoms with Crippen LogP contribution in [-0.4, -0.2) is 45.7 Å². The van der Waals surface area contributed by atoms with Crippen molar-refractivity contribution in [2.24, 2.45) is 5.92 Å². The molecule has 112 valence electrons. The van der Waals surface area contributed by atoms with Gasteiger partial charge in [-0.3, -0.25) is 4.90 Å². The lowest BCUT2D eigenvalue weighted by Gasteiger charge is -2.46. The van der Waals surface area contributed by atoms with E-state index in [0.29, 0.717) is 11.6 Å². The number of piperazine rings is 1. The zero-order valence-electron chi connectivity index (χ0n) is 12.9. The Kier molecular flexibility index (Phi) is 4.13. The first kappa shape index (κ1) is 14.1. The van der Waals surface area contributed by atoms with Crippen LogP contribution in [0.15, 0.2) is 18.7 Å². The average Bonchev–Trinajstić information content (AvgIpc) is 3.19. The summed E-state index contributed by atoms with van der Waals surface area (Å²) < 4.78 is 2.18. The van der Waals surface area contributed by atoms with E-state index >= 15 is 0 Å². The van der Waals surface area contributed by atoms with Gasteiger partial charge in [-0.1, -0.05) is 6.92 Å². The van der Waals surface area contributed by atoms with Crippen molar-refractivity contribution in [2.45, 2.75) is 57.7 Å². The largest absolute Gasteiger partial charge is 0.337 e. The van der Waals surface area contributed by atoms with Crippen LogP contribution in [0.1, 0.15) is 39.5 Å². The molecule has 2 heterocycles. The molecule has 2 aliphatic rings. The Morgan fingerprint density at radius 2 is 2.20 bits per heavy atom. The number of imidazole rings is 1. The van der Waals surface area contributed by atoms with Crippen LogP contribution < -0.4 is 5.32 Å². The van der Waals surface area contributed by atoms with E-state index in [1.807, 2.05) is 12.5 Å². The van der Waals surface area contributed by atoms with Crippen LogP contribution in [0.4, 0.5) is 0 Å². The van der Waals surface area contributed by atoms with E-state index in [4.69, 9.17) is 0 Å². The van der Waals surface area contributed by atoms with Gasteiger partial charge in [-0.2, -0.15) is 0 Å². The molecule has 2 fully saturated rings. The molecule has 1 aliphatic carbocycles. The van der Waals surface area contributed by atoms with Gasteiger partial charge in [0.1, 0.15) is 0 Å². The summed E-state index contributed by atoms with van der Waals surface area (Å²) in [6.45, 7) is 9.42. The molecule has 0 aromatic carbocycles. The molecule has 1 saturated heterocycles. The zero-order valence-corrected chi connectivity index (χ0v) is 12.9. The number of nitrogens with one attached hydrogen (secondary N) is 1. The number of nitrogens with zero attached hydrogens (tertiary/aromatic N) is 3. The van der Waals surface area contributed by atoms with Gasteiger partial charge < -0.3 is 9.88 Å². The van der Waals surface area contributed by atoms with Crippen molar-refractivity contribution in [3.63, 3.8) is 0 Å². The standard InChI is InChI=1S/C16H28N4/c1-3-15-11-18-16(2,14-5-6-14)12-20(15)9-4-8-19-10-7-17-13-19/h7,10,13-15,18H,3-6,8-9,11-12H2,1-2H3. The molecular formula is C16H28N4. The zero-order chi connectivity index (χ0) is 14.0. The number of hydrogen-bond donors (Lipinski definition) is 1. The topological polar surface area (TPSA) is 33.1 Å². The Morgan fingerprint density at radius 3 is 2.85 bits per heavy atom. The van der Waals surface area contributed by atoms with Crippen molar-refractivity contribution in [2.75, 3.05) is 19.6 Å². The lowest BCUT2D eigenvalue weighted by molar-refractivity contribution is 0.0709. The summed E-state index contributed by atoms with van der Waals surface area (Å²) in [4.78, 5) is 6.84. The molecule has 2 unspecified atom stereocenters. The fourth-order valence-electron chi connectivity index (χ4n) is 3.62. The van der Waals surface area contributed by atoms with Gasteiger partial charge in [0.05, 0.1) is 6.33 Å². The summed E-state index contributed by atoms with van der Waals surface area (Å²) in [7, 11) is 0. The highest BCUT2D eigenvalue weighted by Gasteiger charge is 2.45. The summed E-state index contributed by atoms with van der Waals surface area (Å²) in [6.07, 6.45) is 11.1. The Hall–Kier alpha value is -0.870. The molecule has 1 aliphatic heterocycles. The highest BCUT2D eigenvalue weighted by atomic mass is 15.3. The third kappa shape index (κ3) is 3.07. The van der Waals surface area contributed by atoms with E-state index in [0.717, 1.165) is 19.0 Å². The van der Waals surface area contributed by atoms with Gasteiger partial charge in [0.15, 0.2) is 0 Å². The van der Waals surface area contributed by atoms with Crippen LogP contribution in [0, 0.1) is 5.92 Å². The van der Waals surface area contributed by atoms with E-state index < -0.39 is 0 Å². The maximum atomic E-state index is 4.11. The summed E-state index contributed by atoms with van der Waals surface area (Å²) in [5, 5.41) is 3.84. The molecule has 2 atom stereocenters. The van der Waals surface area contributed by atoms with Gasteiger partial charge in [0.2, 0.25) is 0 Å². The number of hydrogen-bond acceptors (Lipinski definition) is 3. The van der Waals surface area contributed by atoms with Crippen molar-refractivity contribution in [3.05, 3.63) is 18.7 Å². The normalized spacial score (nSPS) is 31.6. The molecule has 0 amide bonds. The summed E-state index contributed by atoms with van der Waals surface area (Å²) >= 11 is 0. The summed E-state index contributed by atoms with van der Waals surface area (Å²) in [6, 6.07) is 0.713. The van der Waals surface area contributed by atoms with Crippen LogP contribution in [-0.2, 0) is 6.54 Å². The molecule has 0 bridgehead atoms. The molecule has 1 aromatic heterocycles. The number of aryl methyl sites for hydroxylation is 1. The van der Waals surface area contributed by atoms with Crippen LogP contribution in [0.5, 0.6) is 0 Å². The predicted molar refractivity (Wildman–Crippen MR) is 81.6 cm³/mol. The van der Waals surface area contributed by atoms with Crippen LogP contribution >= 0.6 is 0 Å². The monoisotopic (exact) mass is 276 g/mol. The second-order valence-corrected chi connectivity index (χ2v) is 6.76. The predicted octanol–water partition coefficient (Wildman–Crippen LogP) is 2.13. The van der Waals surface area contributed by atoms with Crippen molar-refractivity contribution in [1.82, 2.24) is 19.8 Å². The summed E-state index contributed by atoms with van der Waals surface area (Å²) in [5.41, 5.74) is 0.362. The summed E-state index contributed by atoms with van der Waals surface area (Å²) in [5.74, 6) is 0.913. The fourth-order valence-corrected chi connectivity index (χ4v) is 3.62. The molecule has 0 radical (unpaired) electrons.